The summed E-state index contributed by atoms with van der Waals surface area (Å²) in [5.41, 5.74) is 3.02. The third kappa shape index (κ3) is 4.11. The van der Waals surface area contributed by atoms with Crippen molar-refractivity contribution >= 4 is 39.8 Å². The second-order valence-electron chi connectivity index (χ2n) is 5.74. The number of hydrogen-bond donors (Lipinski definition) is 1. The molecule has 0 aliphatic carbocycles. The van der Waals surface area contributed by atoms with Crippen LogP contribution in [-0.2, 0) is 0 Å². The van der Waals surface area contributed by atoms with Crippen molar-refractivity contribution in [3.8, 4) is 5.75 Å². The van der Waals surface area contributed by atoms with Gasteiger partial charge < -0.3 is 10.1 Å². The Hall–Kier alpha value is -1.97. The van der Waals surface area contributed by atoms with Crippen LogP contribution in [-0.4, -0.2) is 17.6 Å². The smallest absolute Gasteiger partial charge is 0.142 e. The van der Waals surface area contributed by atoms with Crippen molar-refractivity contribution in [1.82, 2.24) is 4.98 Å². The Bertz CT molecular complexity index is 826. The monoisotopic (exact) mass is 360 g/mol. The maximum Gasteiger partial charge on any atom is 0.142 e. The lowest BCUT2D eigenvalue weighted by Gasteiger charge is -2.24. The lowest BCUT2D eigenvalue weighted by Crippen LogP contribution is -2.27. The van der Waals surface area contributed by atoms with Crippen LogP contribution in [0.15, 0.2) is 48.5 Å². The Kier molecular flexibility index (Phi) is 5.12. The van der Waals surface area contributed by atoms with E-state index in [-0.39, 0.29) is 6.10 Å². The minimum Gasteiger partial charge on any atom is -0.487 e. The maximum absolute atomic E-state index is 5.83. The third-order valence-electron chi connectivity index (χ3n) is 3.64. The van der Waals surface area contributed by atoms with Crippen LogP contribution in [0.2, 0.25) is 10.0 Å². The van der Waals surface area contributed by atoms with Crippen LogP contribution in [0.4, 0.5) is 5.69 Å². The van der Waals surface area contributed by atoms with Crippen molar-refractivity contribution in [2.75, 3.05) is 11.9 Å². The Morgan fingerprint density at radius 3 is 2.62 bits per heavy atom. The first-order valence-corrected chi connectivity index (χ1v) is 8.50. The minimum atomic E-state index is 0.235. The van der Waals surface area contributed by atoms with E-state index in [0.29, 0.717) is 0 Å². The van der Waals surface area contributed by atoms with Gasteiger partial charge in [0.1, 0.15) is 11.9 Å². The fourth-order valence-electron chi connectivity index (χ4n) is 2.45. The number of hydrogen-bond acceptors (Lipinski definition) is 3. The van der Waals surface area contributed by atoms with Crippen LogP contribution in [0.3, 0.4) is 0 Å². The predicted octanol–water partition coefficient (Wildman–Crippen LogP) is 5.73. The van der Waals surface area contributed by atoms with Crippen LogP contribution in [0.25, 0.3) is 10.9 Å². The molecule has 3 aromatic rings. The quantitative estimate of drug-likeness (QED) is 0.555. The lowest BCUT2D eigenvalue weighted by atomic mass is 10.2. The number of ether oxygens (including phenoxy) is 1. The van der Waals surface area contributed by atoms with Gasteiger partial charge in [-0.05, 0) is 56.3 Å². The van der Waals surface area contributed by atoms with E-state index in [1.807, 2.05) is 62.4 Å². The molecule has 24 heavy (non-hydrogen) atoms. The van der Waals surface area contributed by atoms with E-state index in [1.165, 1.54) is 0 Å². The predicted molar refractivity (Wildman–Crippen MR) is 102 cm³/mol. The van der Waals surface area contributed by atoms with E-state index in [2.05, 4.69) is 10.3 Å². The molecule has 0 saturated carbocycles. The van der Waals surface area contributed by atoms with Crippen LogP contribution >= 0.6 is 23.2 Å². The van der Waals surface area contributed by atoms with Gasteiger partial charge in [-0.3, -0.25) is 4.98 Å². The molecule has 0 amide bonds. The van der Waals surface area contributed by atoms with Gasteiger partial charge in [0.25, 0.3) is 0 Å². The van der Waals surface area contributed by atoms with Gasteiger partial charge in [-0.1, -0.05) is 29.3 Å². The van der Waals surface area contributed by atoms with Gasteiger partial charge in [0.15, 0.2) is 0 Å². The highest BCUT2D eigenvalue weighted by molar-refractivity contribution is 6.31. The van der Waals surface area contributed by atoms with Gasteiger partial charge in [-0.2, -0.15) is 0 Å². The SMILES string of the molecule is C[C@@H]1CNc2cc(Cl)ccc2O1.Cc1ccc2cc(Cl)ccc2n1. The topological polar surface area (TPSA) is 34.1 Å². The van der Waals surface area contributed by atoms with E-state index in [1.54, 1.807) is 0 Å². The van der Waals surface area contributed by atoms with Gasteiger partial charge in [-0.25, -0.2) is 0 Å². The first kappa shape index (κ1) is 16.9. The van der Waals surface area contributed by atoms with Gasteiger partial charge in [0.2, 0.25) is 0 Å². The molecule has 1 atom stereocenters. The molecular formula is C19H18Cl2N2O. The fourth-order valence-corrected chi connectivity index (χ4v) is 2.81. The maximum atomic E-state index is 5.83. The normalized spacial score (nSPS) is 15.6. The largest absolute Gasteiger partial charge is 0.487 e. The summed E-state index contributed by atoms with van der Waals surface area (Å²) in [6, 6.07) is 15.3. The molecule has 3 nitrogen and oxygen atoms in total. The van der Waals surface area contributed by atoms with E-state index in [4.69, 9.17) is 27.9 Å². The van der Waals surface area contributed by atoms with E-state index in [0.717, 1.165) is 44.6 Å². The third-order valence-corrected chi connectivity index (χ3v) is 4.11. The Labute approximate surface area is 151 Å². The molecule has 0 fully saturated rings. The molecule has 0 bridgehead atoms. The molecule has 0 saturated heterocycles. The number of anilines is 1. The lowest BCUT2D eigenvalue weighted by molar-refractivity contribution is 0.226. The summed E-state index contributed by atoms with van der Waals surface area (Å²) >= 11 is 11.6. The summed E-state index contributed by atoms with van der Waals surface area (Å²) in [4.78, 5) is 4.36. The summed E-state index contributed by atoms with van der Waals surface area (Å²) in [7, 11) is 0. The van der Waals surface area contributed by atoms with Crippen molar-refractivity contribution in [3.63, 3.8) is 0 Å². The highest BCUT2D eigenvalue weighted by atomic mass is 35.5. The van der Waals surface area contributed by atoms with E-state index in [9.17, 15) is 0 Å². The molecule has 4 rings (SSSR count). The number of fused-ring (bicyclic) bond motifs is 2. The standard InChI is InChI=1S/C10H8ClN.C9H10ClNO/c1-7-2-3-8-6-9(11)4-5-10(8)12-7;1-6-5-11-8-4-7(10)2-3-9(8)12-6/h2-6H,1H3;2-4,6,11H,5H2,1H3/t;6-/m.1/s1. The summed E-state index contributed by atoms with van der Waals surface area (Å²) in [5, 5.41) is 5.83. The Balaban J connectivity index is 0.000000141. The van der Waals surface area contributed by atoms with Crippen LogP contribution in [0, 0.1) is 6.92 Å². The second-order valence-corrected chi connectivity index (χ2v) is 6.61. The molecular weight excluding hydrogens is 343 g/mol. The Morgan fingerprint density at radius 1 is 1.04 bits per heavy atom. The van der Waals surface area contributed by atoms with Crippen LogP contribution < -0.4 is 10.1 Å². The highest BCUT2D eigenvalue weighted by Gasteiger charge is 2.14. The zero-order valence-corrected chi connectivity index (χ0v) is 15.0. The summed E-state index contributed by atoms with van der Waals surface area (Å²) in [6.07, 6.45) is 0.235. The molecule has 0 spiro atoms. The van der Waals surface area contributed by atoms with Crippen molar-refractivity contribution < 1.29 is 4.74 Å². The number of rotatable bonds is 0. The fraction of sp³-hybridized carbons (Fsp3) is 0.211. The molecule has 1 N–H and O–H groups in total. The van der Waals surface area contributed by atoms with Crippen LogP contribution in [0.5, 0.6) is 5.75 Å². The summed E-state index contributed by atoms with van der Waals surface area (Å²) < 4.78 is 5.57. The first-order chi connectivity index (χ1) is 11.5. The number of aryl methyl sites for hydroxylation is 1. The molecule has 0 radical (unpaired) electrons. The summed E-state index contributed by atoms with van der Waals surface area (Å²) in [5.74, 6) is 0.887. The molecule has 1 aromatic heterocycles. The van der Waals surface area contributed by atoms with Gasteiger partial charge >= 0.3 is 0 Å². The van der Waals surface area contributed by atoms with E-state index < -0.39 is 0 Å². The zero-order valence-electron chi connectivity index (χ0n) is 13.5. The van der Waals surface area contributed by atoms with E-state index >= 15 is 0 Å². The highest BCUT2D eigenvalue weighted by Crippen LogP contribution is 2.31. The molecule has 2 aromatic carbocycles. The van der Waals surface area contributed by atoms with Gasteiger partial charge in [-0.15, -0.1) is 0 Å². The van der Waals surface area contributed by atoms with Gasteiger partial charge in [0, 0.05) is 21.1 Å². The number of nitrogens with zero attached hydrogens (tertiary/aromatic N) is 1. The number of nitrogens with one attached hydrogen (secondary N) is 1. The molecule has 124 valence electrons. The van der Waals surface area contributed by atoms with Crippen molar-refractivity contribution in [3.05, 3.63) is 64.3 Å². The zero-order chi connectivity index (χ0) is 17.1. The number of benzene rings is 2. The molecule has 1 aliphatic heterocycles. The second kappa shape index (κ2) is 7.29. The van der Waals surface area contributed by atoms with Crippen LogP contribution in [0.1, 0.15) is 12.6 Å². The molecule has 2 heterocycles. The molecule has 0 unspecified atom stereocenters. The summed E-state index contributed by atoms with van der Waals surface area (Å²) in [6.45, 7) is 4.85. The number of aromatic nitrogens is 1. The molecule has 5 heteroatoms. The van der Waals surface area contributed by atoms with Crippen molar-refractivity contribution in [2.45, 2.75) is 20.0 Å². The molecule has 1 aliphatic rings. The number of pyridine rings is 1. The number of halogens is 2. The average Bonchev–Trinajstić information content (AvgIpc) is 2.56. The van der Waals surface area contributed by atoms with Gasteiger partial charge in [0.05, 0.1) is 17.7 Å². The minimum absolute atomic E-state index is 0.235. The first-order valence-electron chi connectivity index (χ1n) is 7.74. The average molecular weight is 361 g/mol. The van der Waals surface area contributed by atoms with Crippen molar-refractivity contribution in [1.29, 1.82) is 0 Å². The van der Waals surface area contributed by atoms with Crippen molar-refractivity contribution in [2.24, 2.45) is 0 Å². The Morgan fingerprint density at radius 2 is 1.79 bits per heavy atom.